The molecule has 0 aliphatic rings. The molecule has 0 saturated heterocycles. The first-order valence-electron chi connectivity index (χ1n) is 7.66. The molecule has 0 fully saturated rings. The first-order chi connectivity index (χ1) is 12.7. The Kier molecular flexibility index (Phi) is 5.22. The Morgan fingerprint density at radius 1 is 1.11 bits per heavy atom. The van der Waals surface area contributed by atoms with Crippen molar-refractivity contribution in [2.24, 2.45) is 0 Å². The van der Waals surface area contributed by atoms with Crippen molar-refractivity contribution >= 4 is 34.2 Å². The molecule has 9 heteroatoms. The lowest BCUT2D eigenvalue weighted by Gasteiger charge is -2.09. The lowest BCUT2D eigenvalue weighted by molar-refractivity contribution is 0.101. The molecule has 27 heavy (non-hydrogen) atoms. The highest BCUT2D eigenvalue weighted by atomic mass is 127. The molecule has 2 aromatic carbocycles. The summed E-state index contributed by atoms with van der Waals surface area (Å²) in [5, 5.41) is 6.28. The Hall–Kier alpha value is -2.43. The van der Waals surface area contributed by atoms with Gasteiger partial charge < -0.3 is 5.32 Å². The van der Waals surface area contributed by atoms with Crippen LogP contribution in [0, 0.1) is 18.6 Å². The van der Waals surface area contributed by atoms with Gasteiger partial charge in [-0.1, -0.05) is 6.07 Å². The van der Waals surface area contributed by atoms with Gasteiger partial charge in [0.05, 0.1) is 5.69 Å². The van der Waals surface area contributed by atoms with Crippen molar-refractivity contribution in [1.82, 2.24) is 9.78 Å². The van der Waals surface area contributed by atoms with Crippen LogP contribution >= 0.6 is 22.6 Å². The fourth-order valence-electron chi connectivity index (χ4n) is 2.47. The molecule has 0 atom stereocenters. The lowest BCUT2D eigenvalue weighted by Crippen LogP contribution is -2.15. The van der Waals surface area contributed by atoms with Crippen LogP contribution in [0.25, 0.3) is 5.69 Å². The van der Waals surface area contributed by atoms with Crippen LogP contribution in [0.5, 0.6) is 0 Å². The van der Waals surface area contributed by atoms with Crippen molar-refractivity contribution in [1.29, 1.82) is 0 Å². The Balaban J connectivity index is 1.82. The van der Waals surface area contributed by atoms with Crippen LogP contribution in [-0.2, 0) is 3.93 Å². The highest BCUT2D eigenvalue weighted by molar-refractivity contribution is 14.1. The van der Waals surface area contributed by atoms with Crippen LogP contribution < -0.4 is 5.32 Å². The second-order valence-corrected chi connectivity index (χ2v) is 7.03. The minimum atomic E-state index is -3.09. The summed E-state index contributed by atoms with van der Waals surface area (Å²) < 4.78 is 52.4. The molecule has 4 nitrogen and oxygen atoms in total. The van der Waals surface area contributed by atoms with Crippen LogP contribution in [0.3, 0.4) is 0 Å². The van der Waals surface area contributed by atoms with Crippen LogP contribution in [0.1, 0.15) is 21.7 Å². The molecule has 0 unspecified atom stereocenters. The zero-order chi connectivity index (χ0) is 19.8. The third-order valence-corrected chi connectivity index (χ3v) is 4.29. The standard InChI is InChI=1S/C18H12F4IN3O/c1-10-9-15(18(21,22)23)25-26(10)12-7-5-11(6-8-12)24-17(27)16-13(19)3-2-4-14(16)20/h2-9H,1H3,(H,24,27). The summed E-state index contributed by atoms with van der Waals surface area (Å²) in [5.74, 6) is -2.87. The summed E-state index contributed by atoms with van der Waals surface area (Å²) >= 11 is 1.00. The first-order valence-corrected chi connectivity index (χ1v) is 8.74. The molecule has 0 bridgehead atoms. The van der Waals surface area contributed by atoms with Gasteiger partial charge in [0.2, 0.25) is 0 Å². The van der Waals surface area contributed by atoms with E-state index in [4.69, 9.17) is 0 Å². The van der Waals surface area contributed by atoms with Gasteiger partial charge in [0.1, 0.15) is 22.9 Å². The Morgan fingerprint density at radius 2 is 1.70 bits per heavy atom. The third-order valence-electron chi connectivity index (χ3n) is 3.74. The molecule has 1 N–H and O–H groups in total. The number of anilines is 1. The average Bonchev–Trinajstić information content (AvgIpc) is 2.97. The van der Waals surface area contributed by atoms with Crippen LogP contribution in [0.4, 0.5) is 23.2 Å². The van der Waals surface area contributed by atoms with E-state index in [0.717, 1.165) is 40.8 Å². The highest BCUT2D eigenvalue weighted by Gasteiger charge is 2.31. The number of hydrogen-bond donors (Lipinski definition) is 1. The van der Waals surface area contributed by atoms with Gasteiger partial charge >= 0.3 is 3.93 Å². The van der Waals surface area contributed by atoms with E-state index in [-0.39, 0.29) is 11.4 Å². The SMILES string of the molecule is Cc1cc(C(F)(F)I)nn1-c1ccc(NC(=O)c2c(F)cccc2F)cc1. The summed E-state index contributed by atoms with van der Waals surface area (Å²) in [6, 6.07) is 10.5. The summed E-state index contributed by atoms with van der Waals surface area (Å²) in [4.78, 5) is 12.1. The second-order valence-electron chi connectivity index (χ2n) is 5.68. The van der Waals surface area contributed by atoms with Gasteiger partial charge in [-0.15, -0.1) is 0 Å². The third kappa shape index (κ3) is 4.12. The number of halogens is 5. The van der Waals surface area contributed by atoms with E-state index in [9.17, 15) is 22.4 Å². The molecule has 1 aromatic heterocycles. The fraction of sp³-hybridized carbons (Fsp3) is 0.111. The number of carbonyl (C=O) groups excluding carboxylic acids is 1. The summed E-state index contributed by atoms with van der Waals surface area (Å²) in [7, 11) is 0. The van der Waals surface area contributed by atoms with E-state index < -0.39 is 27.0 Å². The van der Waals surface area contributed by atoms with Crippen molar-refractivity contribution in [3.05, 3.63) is 77.1 Å². The van der Waals surface area contributed by atoms with Gasteiger partial charge in [0.25, 0.3) is 5.91 Å². The molecular weight excluding hydrogens is 477 g/mol. The number of nitrogens with zero attached hydrogens (tertiary/aromatic N) is 2. The number of nitrogens with one attached hydrogen (secondary N) is 1. The monoisotopic (exact) mass is 489 g/mol. The Bertz CT molecular complexity index is 977. The molecule has 3 rings (SSSR count). The van der Waals surface area contributed by atoms with Gasteiger partial charge in [0, 0.05) is 34.0 Å². The quantitative estimate of drug-likeness (QED) is 0.312. The van der Waals surface area contributed by atoms with Gasteiger partial charge in [0.15, 0.2) is 0 Å². The highest BCUT2D eigenvalue weighted by Crippen LogP contribution is 2.34. The molecule has 3 aromatic rings. The first kappa shape index (κ1) is 19.3. The normalized spacial score (nSPS) is 11.5. The number of carbonyl (C=O) groups is 1. The molecule has 0 aliphatic carbocycles. The number of alkyl halides is 3. The smallest absolute Gasteiger partial charge is 0.322 e. The van der Waals surface area contributed by atoms with Crippen LogP contribution in [-0.4, -0.2) is 15.7 Å². The summed E-state index contributed by atoms with van der Waals surface area (Å²) in [6.07, 6.45) is 0. The number of aromatic nitrogens is 2. The molecule has 1 amide bonds. The van der Waals surface area contributed by atoms with E-state index in [0.29, 0.717) is 11.4 Å². The van der Waals surface area contributed by atoms with E-state index >= 15 is 0 Å². The van der Waals surface area contributed by atoms with Crippen molar-refractivity contribution in [2.45, 2.75) is 10.9 Å². The summed E-state index contributed by atoms with van der Waals surface area (Å²) in [5.41, 5.74) is 0.239. The lowest BCUT2D eigenvalue weighted by atomic mass is 10.1. The zero-order valence-electron chi connectivity index (χ0n) is 13.8. The van der Waals surface area contributed by atoms with Gasteiger partial charge in [-0.25, -0.2) is 13.5 Å². The van der Waals surface area contributed by atoms with Gasteiger partial charge in [-0.05, 0) is 49.4 Å². The van der Waals surface area contributed by atoms with E-state index in [1.54, 1.807) is 19.1 Å². The topological polar surface area (TPSA) is 46.9 Å². The molecule has 0 aliphatic heterocycles. The second kappa shape index (κ2) is 7.29. The molecular formula is C18H12F4IN3O. The van der Waals surface area contributed by atoms with Crippen molar-refractivity contribution in [2.75, 3.05) is 5.32 Å². The maximum atomic E-state index is 13.7. The Labute approximate surface area is 165 Å². The minimum Gasteiger partial charge on any atom is -0.322 e. The number of benzene rings is 2. The maximum absolute atomic E-state index is 13.7. The van der Waals surface area contributed by atoms with E-state index in [2.05, 4.69) is 10.4 Å². The number of hydrogen-bond acceptors (Lipinski definition) is 2. The summed E-state index contributed by atoms with van der Waals surface area (Å²) in [6.45, 7) is 1.63. The largest absolute Gasteiger partial charge is 0.339 e. The predicted molar refractivity (Wildman–Crippen MR) is 101 cm³/mol. The van der Waals surface area contributed by atoms with E-state index in [1.807, 2.05) is 0 Å². The minimum absolute atomic E-state index is 0.288. The van der Waals surface area contributed by atoms with Crippen molar-refractivity contribution < 1.29 is 22.4 Å². The number of aryl methyl sites for hydroxylation is 1. The molecule has 0 radical (unpaired) electrons. The van der Waals surface area contributed by atoms with Gasteiger partial charge in [-0.3, -0.25) is 4.79 Å². The van der Waals surface area contributed by atoms with E-state index in [1.165, 1.54) is 22.9 Å². The van der Waals surface area contributed by atoms with Crippen molar-refractivity contribution in [3.8, 4) is 5.69 Å². The molecule has 0 saturated carbocycles. The van der Waals surface area contributed by atoms with Gasteiger partial charge in [-0.2, -0.15) is 13.9 Å². The average molecular weight is 489 g/mol. The zero-order valence-corrected chi connectivity index (χ0v) is 16.0. The molecule has 1 heterocycles. The Morgan fingerprint density at radius 3 is 2.22 bits per heavy atom. The van der Waals surface area contributed by atoms with Crippen molar-refractivity contribution in [3.63, 3.8) is 0 Å². The van der Waals surface area contributed by atoms with Crippen LogP contribution in [0.15, 0.2) is 48.5 Å². The molecule has 0 spiro atoms. The predicted octanol–water partition coefficient (Wildman–Crippen LogP) is 5.20. The number of amides is 1. The van der Waals surface area contributed by atoms with Crippen LogP contribution in [0.2, 0.25) is 0 Å². The number of rotatable bonds is 4. The maximum Gasteiger partial charge on any atom is 0.339 e. The fourth-order valence-corrected chi connectivity index (χ4v) is 2.73. The molecule has 140 valence electrons.